The van der Waals surface area contributed by atoms with Crippen molar-refractivity contribution in [2.45, 2.75) is 53.5 Å². The minimum absolute atomic E-state index is 0.517. The van der Waals surface area contributed by atoms with E-state index in [1.165, 1.54) is 11.1 Å². The first kappa shape index (κ1) is 17.7. The van der Waals surface area contributed by atoms with Crippen LogP contribution in [0.4, 0.5) is 0 Å². The molecule has 1 aromatic rings. The number of carbonyl (C=O) groups is 1. The molecule has 0 saturated heterocycles. The van der Waals surface area contributed by atoms with Gasteiger partial charge in [0, 0.05) is 13.1 Å². The SMILES string of the molecule is CCC(CC)(CNCc1ccc(CC(C)C)cc1)C(=O)O. The smallest absolute Gasteiger partial charge is 0.310 e. The number of nitrogens with one attached hydrogen (secondary N) is 1. The lowest BCUT2D eigenvalue weighted by Gasteiger charge is -2.27. The Balaban J connectivity index is 2.53. The third kappa shape index (κ3) is 5.16. The highest BCUT2D eigenvalue weighted by molar-refractivity contribution is 5.74. The van der Waals surface area contributed by atoms with Gasteiger partial charge in [0.15, 0.2) is 0 Å². The Morgan fingerprint density at radius 3 is 2.10 bits per heavy atom. The summed E-state index contributed by atoms with van der Waals surface area (Å²) in [7, 11) is 0. The fraction of sp³-hybridized carbons (Fsp3) is 0.611. The number of carboxylic acid groups (broad SMARTS) is 1. The zero-order chi connectivity index (χ0) is 15.9. The second-order valence-electron chi connectivity index (χ2n) is 6.31. The minimum atomic E-state index is -0.702. The summed E-state index contributed by atoms with van der Waals surface area (Å²) in [5.74, 6) is -0.0356. The van der Waals surface area contributed by atoms with E-state index in [0.717, 1.165) is 13.0 Å². The van der Waals surface area contributed by atoms with Gasteiger partial charge >= 0.3 is 5.97 Å². The summed E-state index contributed by atoms with van der Waals surface area (Å²) < 4.78 is 0. The van der Waals surface area contributed by atoms with Crippen molar-refractivity contribution < 1.29 is 9.90 Å². The highest BCUT2D eigenvalue weighted by atomic mass is 16.4. The van der Waals surface area contributed by atoms with Crippen LogP contribution in [0.5, 0.6) is 0 Å². The number of hydrogen-bond acceptors (Lipinski definition) is 2. The molecule has 2 N–H and O–H groups in total. The molecule has 0 saturated carbocycles. The summed E-state index contributed by atoms with van der Waals surface area (Å²) in [6.07, 6.45) is 2.40. The molecule has 0 aliphatic rings. The molecular formula is C18H29NO2. The molecule has 0 unspecified atom stereocenters. The molecule has 0 aromatic heterocycles. The van der Waals surface area contributed by atoms with Crippen LogP contribution >= 0.6 is 0 Å². The molecule has 0 fully saturated rings. The van der Waals surface area contributed by atoms with E-state index in [0.29, 0.717) is 25.3 Å². The molecule has 21 heavy (non-hydrogen) atoms. The monoisotopic (exact) mass is 291 g/mol. The summed E-state index contributed by atoms with van der Waals surface area (Å²) in [5.41, 5.74) is 1.92. The molecule has 0 bridgehead atoms. The van der Waals surface area contributed by atoms with E-state index < -0.39 is 11.4 Å². The van der Waals surface area contributed by atoms with E-state index in [1.807, 2.05) is 13.8 Å². The van der Waals surface area contributed by atoms with Crippen molar-refractivity contribution >= 4 is 5.97 Å². The van der Waals surface area contributed by atoms with Gasteiger partial charge in [-0.1, -0.05) is 52.0 Å². The van der Waals surface area contributed by atoms with Crippen molar-refractivity contribution in [2.24, 2.45) is 11.3 Å². The number of benzene rings is 1. The molecule has 0 radical (unpaired) electrons. The molecule has 0 amide bonds. The predicted octanol–water partition coefficient (Wildman–Crippen LogP) is 3.87. The quantitative estimate of drug-likeness (QED) is 0.726. The van der Waals surface area contributed by atoms with Crippen LogP contribution < -0.4 is 5.32 Å². The average molecular weight is 291 g/mol. The summed E-state index contributed by atoms with van der Waals surface area (Å²) in [6, 6.07) is 8.60. The Morgan fingerprint density at radius 2 is 1.67 bits per heavy atom. The first-order valence-corrected chi connectivity index (χ1v) is 7.95. The van der Waals surface area contributed by atoms with E-state index in [9.17, 15) is 9.90 Å². The standard InChI is InChI=1S/C18H29NO2/c1-5-18(6-2,17(20)21)13-19-12-16-9-7-15(8-10-16)11-14(3)4/h7-10,14,19H,5-6,11-13H2,1-4H3,(H,20,21). The Morgan fingerprint density at radius 1 is 1.14 bits per heavy atom. The van der Waals surface area contributed by atoms with Crippen LogP contribution in [0.3, 0.4) is 0 Å². The number of aliphatic carboxylic acids is 1. The van der Waals surface area contributed by atoms with Gasteiger partial charge < -0.3 is 10.4 Å². The second kappa shape index (κ2) is 8.18. The fourth-order valence-electron chi connectivity index (χ4n) is 2.59. The lowest BCUT2D eigenvalue weighted by Crippen LogP contribution is -2.40. The maximum atomic E-state index is 11.4. The molecule has 118 valence electrons. The first-order valence-electron chi connectivity index (χ1n) is 7.95. The van der Waals surface area contributed by atoms with Gasteiger partial charge in [-0.25, -0.2) is 0 Å². The summed E-state index contributed by atoms with van der Waals surface area (Å²) in [6.45, 7) is 9.56. The highest BCUT2D eigenvalue weighted by Crippen LogP contribution is 2.25. The molecule has 0 heterocycles. The third-order valence-corrected chi connectivity index (χ3v) is 4.27. The van der Waals surface area contributed by atoms with Gasteiger partial charge in [-0.3, -0.25) is 4.79 Å². The molecule has 0 aliphatic heterocycles. The molecule has 3 heteroatoms. The summed E-state index contributed by atoms with van der Waals surface area (Å²) in [4.78, 5) is 11.4. The normalized spacial score (nSPS) is 11.9. The number of carboxylic acids is 1. The van der Waals surface area contributed by atoms with E-state index in [4.69, 9.17) is 0 Å². The molecule has 1 aromatic carbocycles. The van der Waals surface area contributed by atoms with Crippen LogP contribution in [0.1, 0.15) is 51.7 Å². The van der Waals surface area contributed by atoms with Gasteiger partial charge in [0.2, 0.25) is 0 Å². The summed E-state index contributed by atoms with van der Waals surface area (Å²) >= 11 is 0. The lowest BCUT2D eigenvalue weighted by molar-refractivity contribution is -0.149. The molecular weight excluding hydrogens is 262 g/mol. The molecule has 3 nitrogen and oxygen atoms in total. The van der Waals surface area contributed by atoms with Crippen molar-refractivity contribution in [3.05, 3.63) is 35.4 Å². The van der Waals surface area contributed by atoms with E-state index in [2.05, 4.69) is 43.4 Å². The molecule has 0 atom stereocenters. The number of rotatable bonds is 9. The van der Waals surface area contributed by atoms with Crippen molar-refractivity contribution in [3.8, 4) is 0 Å². The predicted molar refractivity (Wildman–Crippen MR) is 87.3 cm³/mol. The zero-order valence-corrected chi connectivity index (χ0v) is 13.8. The van der Waals surface area contributed by atoms with Crippen molar-refractivity contribution in [1.82, 2.24) is 5.32 Å². The molecule has 0 aliphatic carbocycles. The third-order valence-electron chi connectivity index (χ3n) is 4.27. The first-order chi connectivity index (χ1) is 9.93. The van der Waals surface area contributed by atoms with Crippen LogP contribution in [0, 0.1) is 11.3 Å². The van der Waals surface area contributed by atoms with Gasteiger partial charge in [-0.15, -0.1) is 0 Å². The molecule has 0 spiro atoms. The van der Waals surface area contributed by atoms with E-state index >= 15 is 0 Å². The topological polar surface area (TPSA) is 49.3 Å². The maximum absolute atomic E-state index is 11.4. The van der Waals surface area contributed by atoms with Crippen LogP contribution in [0.15, 0.2) is 24.3 Å². The van der Waals surface area contributed by atoms with Gasteiger partial charge in [-0.2, -0.15) is 0 Å². The van der Waals surface area contributed by atoms with Crippen LogP contribution in [0.2, 0.25) is 0 Å². The Labute approximate surface area is 128 Å². The highest BCUT2D eigenvalue weighted by Gasteiger charge is 2.34. The Hall–Kier alpha value is -1.35. The largest absolute Gasteiger partial charge is 0.481 e. The maximum Gasteiger partial charge on any atom is 0.310 e. The number of hydrogen-bond donors (Lipinski definition) is 2. The van der Waals surface area contributed by atoms with Crippen molar-refractivity contribution in [3.63, 3.8) is 0 Å². The second-order valence-corrected chi connectivity index (χ2v) is 6.31. The minimum Gasteiger partial charge on any atom is -0.481 e. The van der Waals surface area contributed by atoms with Crippen molar-refractivity contribution in [1.29, 1.82) is 0 Å². The van der Waals surface area contributed by atoms with Crippen molar-refractivity contribution in [2.75, 3.05) is 6.54 Å². The zero-order valence-electron chi connectivity index (χ0n) is 13.8. The Bertz CT molecular complexity index is 433. The van der Waals surface area contributed by atoms with Gasteiger partial charge in [-0.05, 0) is 36.3 Å². The van der Waals surface area contributed by atoms with Crippen LogP contribution in [-0.4, -0.2) is 17.6 Å². The average Bonchev–Trinajstić information content (AvgIpc) is 2.45. The van der Waals surface area contributed by atoms with Gasteiger partial charge in [0.1, 0.15) is 0 Å². The van der Waals surface area contributed by atoms with Crippen LogP contribution in [-0.2, 0) is 17.8 Å². The Kier molecular flexibility index (Phi) is 6.90. The lowest BCUT2D eigenvalue weighted by atomic mass is 9.82. The van der Waals surface area contributed by atoms with E-state index in [1.54, 1.807) is 0 Å². The van der Waals surface area contributed by atoms with Gasteiger partial charge in [0.05, 0.1) is 5.41 Å². The van der Waals surface area contributed by atoms with Crippen LogP contribution in [0.25, 0.3) is 0 Å². The van der Waals surface area contributed by atoms with Gasteiger partial charge in [0.25, 0.3) is 0 Å². The van der Waals surface area contributed by atoms with E-state index in [-0.39, 0.29) is 0 Å². The summed E-state index contributed by atoms with van der Waals surface area (Å²) in [5, 5.41) is 12.7. The molecule has 1 rings (SSSR count). The fourth-order valence-corrected chi connectivity index (χ4v) is 2.59.